The molecular formula is C23H30ClN3O2. The highest BCUT2D eigenvalue weighted by atomic mass is 35.5. The summed E-state index contributed by atoms with van der Waals surface area (Å²) in [5, 5.41) is 6.20. The molecule has 0 aliphatic rings. The maximum Gasteiger partial charge on any atom is 0.253 e. The van der Waals surface area contributed by atoms with Crippen molar-refractivity contribution in [3.8, 4) is 0 Å². The number of hydrogen-bond acceptors (Lipinski definition) is 3. The fraction of sp³-hybridized carbons (Fsp3) is 0.391. The quantitative estimate of drug-likeness (QED) is 0.660. The average molecular weight is 416 g/mol. The lowest BCUT2D eigenvalue weighted by Crippen LogP contribution is -2.52. The molecule has 156 valence electrons. The van der Waals surface area contributed by atoms with Gasteiger partial charge in [0.15, 0.2) is 0 Å². The zero-order chi connectivity index (χ0) is 21.4. The van der Waals surface area contributed by atoms with Crippen molar-refractivity contribution in [3.63, 3.8) is 0 Å². The van der Waals surface area contributed by atoms with Gasteiger partial charge in [-0.25, -0.2) is 0 Å². The molecule has 2 amide bonds. The van der Waals surface area contributed by atoms with Gasteiger partial charge in [-0.15, -0.1) is 0 Å². The Morgan fingerprint density at radius 1 is 1.00 bits per heavy atom. The molecule has 2 N–H and O–H groups in total. The van der Waals surface area contributed by atoms with Crippen molar-refractivity contribution in [2.24, 2.45) is 5.92 Å². The smallest absolute Gasteiger partial charge is 0.253 e. The SMILES string of the molecule is CC(C)C(NC(=O)c1ccccc1Cl)C(=O)NCC(Cc1ccccc1)N(C)C. The molecule has 2 rings (SSSR count). The lowest BCUT2D eigenvalue weighted by atomic mass is 10.0. The van der Waals surface area contributed by atoms with Gasteiger partial charge in [-0.2, -0.15) is 0 Å². The number of carbonyl (C=O) groups is 2. The highest BCUT2D eigenvalue weighted by Crippen LogP contribution is 2.15. The maximum absolute atomic E-state index is 12.8. The first kappa shape index (κ1) is 22.9. The maximum atomic E-state index is 12.8. The predicted octanol–water partition coefficient (Wildman–Crippen LogP) is 3.38. The van der Waals surface area contributed by atoms with Gasteiger partial charge in [-0.05, 0) is 44.1 Å². The first-order valence-electron chi connectivity index (χ1n) is 9.83. The second-order valence-electron chi connectivity index (χ2n) is 7.73. The van der Waals surface area contributed by atoms with E-state index in [0.717, 1.165) is 6.42 Å². The molecule has 0 aromatic heterocycles. The van der Waals surface area contributed by atoms with Crippen molar-refractivity contribution >= 4 is 23.4 Å². The van der Waals surface area contributed by atoms with Gasteiger partial charge in [0.05, 0.1) is 10.6 Å². The summed E-state index contributed by atoms with van der Waals surface area (Å²) >= 11 is 6.11. The van der Waals surface area contributed by atoms with E-state index in [4.69, 9.17) is 11.6 Å². The van der Waals surface area contributed by atoms with E-state index in [-0.39, 0.29) is 23.8 Å². The lowest BCUT2D eigenvalue weighted by molar-refractivity contribution is -0.124. The molecule has 5 nitrogen and oxygen atoms in total. The van der Waals surface area contributed by atoms with Gasteiger partial charge in [0, 0.05) is 12.6 Å². The third kappa shape index (κ3) is 6.87. The zero-order valence-electron chi connectivity index (χ0n) is 17.5. The molecule has 0 aliphatic carbocycles. The van der Waals surface area contributed by atoms with Gasteiger partial charge in [0.25, 0.3) is 5.91 Å². The van der Waals surface area contributed by atoms with Crippen LogP contribution in [-0.2, 0) is 11.2 Å². The molecule has 2 unspecified atom stereocenters. The van der Waals surface area contributed by atoms with Crippen LogP contribution in [0.25, 0.3) is 0 Å². The van der Waals surface area contributed by atoms with Crippen LogP contribution in [0.5, 0.6) is 0 Å². The molecular weight excluding hydrogens is 386 g/mol. The molecule has 0 aliphatic heterocycles. The summed E-state index contributed by atoms with van der Waals surface area (Å²) in [6.07, 6.45) is 0.826. The summed E-state index contributed by atoms with van der Waals surface area (Å²) < 4.78 is 0. The highest BCUT2D eigenvalue weighted by molar-refractivity contribution is 6.33. The van der Waals surface area contributed by atoms with Gasteiger partial charge in [0.2, 0.25) is 5.91 Å². The molecule has 2 atom stereocenters. The fourth-order valence-electron chi connectivity index (χ4n) is 3.05. The van der Waals surface area contributed by atoms with E-state index in [1.165, 1.54) is 5.56 Å². The summed E-state index contributed by atoms with van der Waals surface area (Å²) in [5.74, 6) is -0.605. The summed E-state index contributed by atoms with van der Waals surface area (Å²) in [5.41, 5.74) is 1.58. The van der Waals surface area contributed by atoms with Crippen LogP contribution in [0.2, 0.25) is 5.02 Å². The van der Waals surface area contributed by atoms with Crippen LogP contribution in [0.3, 0.4) is 0 Å². The summed E-state index contributed by atoms with van der Waals surface area (Å²) in [6.45, 7) is 4.31. The Kier molecular flexibility index (Phi) is 8.68. The molecule has 2 aromatic carbocycles. The second-order valence-corrected chi connectivity index (χ2v) is 8.13. The minimum absolute atomic E-state index is 0.0617. The van der Waals surface area contributed by atoms with Crippen LogP contribution in [0.15, 0.2) is 54.6 Å². The van der Waals surface area contributed by atoms with E-state index in [2.05, 4.69) is 27.7 Å². The fourth-order valence-corrected chi connectivity index (χ4v) is 3.27. The number of nitrogens with zero attached hydrogens (tertiary/aromatic N) is 1. The predicted molar refractivity (Wildman–Crippen MR) is 118 cm³/mol. The van der Waals surface area contributed by atoms with E-state index in [1.54, 1.807) is 24.3 Å². The molecule has 2 aromatic rings. The molecule has 0 heterocycles. The number of likely N-dealkylation sites (N-methyl/N-ethyl adjacent to an activating group) is 1. The van der Waals surface area contributed by atoms with E-state index >= 15 is 0 Å². The van der Waals surface area contributed by atoms with E-state index < -0.39 is 6.04 Å². The van der Waals surface area contributed by atoms with Gasteiger partial charge >= 0.3 is 0 Å². The molecule has 0 radical (unpaired) electrons. The topological polar surface area (TPSA) is 61.4 Å². The molecule has 6 heteroatoms. The largest absolute Gasteiger partial charge is 0.353 e. The minimum Gasteiger partial charge on any atom is -0.353 e. The number of hydrogen-bond donors (Lipinski definition) is 2. The number of amides is 2. The van der Waals surface area contributed by atoms with Crippen molar-refractivity contribution in [1.29, 1.82) is 0 Å². The zero-order valence-corrected chi connectivity index (χ0v) is 18.2. The second kappa shape index (κ2) is 11.0. The third-order valence-corrected chi connectivity index (χ3v) is 5.24. The van der Waals surface area contributed by atoms with E-state index in [1.807, 2.05) is 46.1 Å². The van der Waals surface area contributed by atoms with Crippen molar-refractivity contribution in [3.05, 3.63) is 70.7 Å². The summed E-state index contributed by atoms with van der Waals surface area (Å²) in [6, 6.07) is 16.5. The monoisotopic (exact) mass is 415 g/mol. The van der Waals surface area contributed by atoms with Crippen molar-refractivity contribution in [2.45, 2.75) is 32.4 Å². The van der Waals surface area contributed by atoms with Gasteiger partial charge < -0.3 is 15.5 Å². The normalized spacial score (nSPS) is 13.2. The Morgan fingerprint density at radius 3 is 2.21 bits per heavy atom. The van der Waals surface area contributed by atoms with E-state index in [0.29, 0.717) is 17.1 Å². The van der Waals surface area contributed by atoms with Crippen LogP contribution in [-0.4, -0.2) is 49.4 Å². The molecule has 0 saturated carbocycles. The average Bonchev–Trinajstić information content (AvgIpc) is 2.69. The Balaban J connectivity index is 2.01. The molecule has 0 saturated heterocycles. The number of benzene rings is 2. The van der Waals surface area contributed by atoms with Crippen LogP contribution in [0.1, 0.15) is 29.8 Å². The summed E-state index contributed by atoms with van der Waals surface area (Å²) in [4.78, 5) is 27.5. The third-order valence-electron chi connectivity index (χ3n) is 4.91. The molecule has 0 bridgehead atoms. The highest BCUT2D eigenvalue weighted by Gasteiger charge is 2.26. The van der Waals surface area contributed by atoms with Crippen molar-refractivity contribution in [1.82, 2.24) is 15.5 Å². The Bertz CT molecular complexity index is 809. The van der Waals surface area contributed by atoms with Gasteiger partial charge in [0.1, 0.15) is 6.04 Å². The lowest BCUT2D eigenvalue weighted by Gasteiger charge is -2.27. The van der Waals surface area contributed by atoms with Crippen molar-refractivity contribution in [2.75, 3.05) is 20.6 Å². The first-order valence-corrected chi connectivity index (χ1v) is 10.2. The number of halogens is 1. The minimum atomic E-state index is -0.640. The van der Waals surface area contributed by atoms with Crippen LogP contribution < -0.4 is 10.6 Å². The standard InChI is InChI=1S/C23H30ClN3O2/c1-16(2)21(26-22(28)19-12-8-9-13-20(19)24)23(29)25-15-18(27(3)4)14-17-10-6-5-7-11-17/h5-13,16,18,21H,14-15H2,1-4H3,(H,25,29)(H,26,28). The van der Waals surface area contributed by atoms with Gasteiger partial charge in [-0.3, -0.25) is 9.59 Å². The Morgan fingerprint density at radius 2 is 1.62 bits per heavy atom. The summed E-state index contributed by atoms with van der Waals surface area (Å²) in [7, 11) is 4.00. The number of nitrogens with one attached hydrogen (secondary N) is 2. The van der Waals surface area contributed by atoms with Crippen LogP contribution in [0.4, 0.5) is 0 Å². The first-order chi connectivity index (χ1) is 13.8. The molecule has 0 fully saturated rings. The van der Waals surface area contributed by atoms with E-state index in [9.17, 15) is 9.59 Å². The molecule has 0 spiro atoms. The van der Waals surface area contributed by atoms with Crippen LogP contribution in [0, 0.1) is 5.92 Å². The Labute approximate surface area is 178 Å². The van der Waals surface area contributed by atoms with Crippen molar-refractivity contribution < 1.29 is 9.59 Å². The van der Waals surface area contributed by atoms with Crippen LogP contribution >= 0.6 is 11.6 Å². The Hall–Kier alpha value is -2.37. The molecule has 29 heavy (non-hydrogen) atoms. The number of carbonyl (C=O) groups excluding carboxylic acids is 2. The number of rotatable bonds is 9. The van der Waals surface area contributed by atoms with Gasteiger partial charge in [-0.1, -0.05) is 67.9 Å².